The molecule has 0 amide bonds. The maximum atomic E-state index is 13.0. The third kappa shape index (κ3) is 3.64. The van der Waals surface area contributed by atoms with Crippen molar-refractivity contribution in [2.24, 2.45) is 23.2 Å². The van der Waals surface area contributed by atoms with Crippen molar-refractivity contribution in [2.75, 3.05) is 5.32 Å². The third-order valence-corrected chi connectivity index (χ3v) is 8.43. The van der Waals surface area contributed by atoms with Crippen LogP contribution in [-0.2, 0) is 13.1 Å². The average molecular weight is 499 g/mol. The fourth-order valence-corrected chi connectivity index (χ4v) is 5.89. The third-order valence-electron chi connectivity index (χ3n) is 7.66. The number of tetrazole rings is 1. The maximum absolute atomic E-state index is 13.0. The molecule has 32 heavy (non-hydrogen) atoms. The summed E-state index contributed by atoms with van der Waals surface area (Å²) in [6.45, 7) is 7.79. The van der Waals surface area contributed by atoms with Crippen LogP contribution < -0.4 is 10.9 Å². The Kier molecular flexibility index (Phi) is 5.35. The number of fused-ring (bicyclic) bond motifs is 2. The summed E-state index contributed by atoms with van der Waals surface area (Å²) in [5, 5.41) is 19.9. The lowest BCUT2D eigenvalue weighted by atomic mass is 9.45. The van der Waals surface area contributed by atoms with Crippen LogP contribution in [0.1, 0.15) is 45.0 Å². The van der Waals surface area contributed by atoms with Crippen molar-refractivity contribution in [1.82, 2.24) is 35.0 Å². The normalized spacial score (nSPS) is 25.9. The quantitative estimate of drug-likeness (QED) is 0.556. The molecule has 4 atom stereocenters. The lowest BCUT2D eigenvalue weighted by Gasteiger charge is -2.62. The molecule has 0 unspecified atom stereocenters. The van der Waals surface area contributed by atoms with Gasteiger partial charge in [0, 0.05) is 18.4 Å². The fourth-order valence-electron chi connectivity index (χ4n) is 5.47. The standard InChI is InChI=1S/C22H27BrN8O/c1-13-16-8-15(22(16,2)3)9-17(13)26-18-10-25-31(21(32)20(18)23)12-19-27-28-29-30(19)11-14-4-6-24-7-5-14/h4-7,10,13,15-17,26H,8-9,11-12H2,1-3H3/t13-,15+,16-,17-/m1/s1. The second-order valence-corrected chi connectivity index (χ2v) is 10.4. The summed E-state index contributed by atoms with van der Waals surface area (Å²) < 4.78 is 3.54. The van der Waals surface area contributed by atoms with E-state index in [0.29, 0.717) is 34.2 Å². The van der Waals surface area contributed by atoms with Crippen molar-refractivity contribution < 1.29 is 0 Å². The van der Waals surface area contributed by atoms with Gasteiger partial charge < -0.3 is 5.32 Å². The van der Waals surface area contributed by atoms with Crippen molar-refractivity contribution in [3.63, 3.8) is 0 Å². The molecule has 10 heteroatoms. The van der Waals surface area contributed by atoms with Crippen molar-refractivity contribution in [1.29, 1.82) is 0 Å². The zero-order chi connectivity index (χ0) is 22.5. The van der Waals surface area contributed by atoms with Crippen LogP contribution in [0.15, 0.2) is 40.0 Å². The van der Waals surface area contributed by atoms with Crippen molar-refractivity contribution in [3.05, 3.63) is 56.9 Å². The van der Waals surface area contributed by atoms with Gasteiger partial charge in [-0.25, -0.2) is 9.36 Å². The van der Waals surface area contributed by atoms with Crippen LogP contribution in [0.2, 0.25) is 0 Å². The molecule has 0 saturated heterocycles. The number of nitrogens with zero attached hydrogens (tertiary/aromatic N) is 7. The molecular weight excluding hydrogens is 472 g/mol. The predicted molar refractivity (Wildman–Crippen MR) is 123 cm³/mol. The first-order valence-electron chi connectivity index (χ1n) is 11.0. The minimum Gasteiger partial charge on any atom is -0.380 e. The van der Waals surface area contributed by atoms with E-state index in [1.807, 2.05) is 12.1 Å². The van der Waals surface area contributed by atoms with Gasteiger partial charge in [-0.1, -0.05) is 20.8 Å². The molecule has 0 aliphatic heterocycles. The van der Waals surface area contributed by atoms with Gasteiger partial charge in [0.2, 0.25) is 0 Å². The number of halogens is 1. The number of pyridine rings is 1. The molecule has 3 aromatic rings. The summed E-state index contributed by atoms with van der Waals surface area (Å²) in [5.74, 6) is 2.59. The second-order valence-electron chi connectivity index (χ2n) is 9.65. The van der Waals surface area contributed by atoms with Gasteiger partial charge in [0.15, 0.2) is 5.82 Å². The van der Waals surface area contributed by atoms with E-state index in [1.165, 1.54) is 11.1 Å². The topological polar surface area (TPSA) is 103 Å². The van der Waals surface area contributed by atoms with Crippen LogP contribution in [0.4, 0.5) is 5.69 Å². The molecule has 3 fully saturated rings. The molecule has 3 saturated carbocycles. The lowest BCUT2D eigenvalue weighted by molar-refractivity contribution is -0.105. The van der Waals surface area contributed by atoms with E-state index in [-0.39, 0.29) is 12.1 Å². The highest BCUT2D eigenvalue weighted by Gasteiger charge is 2.56. The Bertz CT molecular complexity index is 1170. The molecule has 168 valence electrons. The molecule has 0 aromatic carbocycles. The molecule has 1 N–H and O–H groups in total. The molecular formula is C22H27BrN8O. The van der Waals surface area contributed by atoms with Gasteiger partial charge in [-0.3, -0.25) is 9.78 Å². The Morgan fingerprint density at radius 3 is 2.69 bits per heavy atom. The Morgan fingerprint density at radius 2 is 1.97 bits per heavy atom. The number of rotatable bonds is 6. The molecule has 3 heterocycles. The predicted octanol–water partition coefficient (Wildman–Crippen LogP) is 2.97. The van der Waals surface area contributed by atoms with E-state index in [4.69, 9.17) is 0 Å². The molecule has 3 aromatic heterocycles. The zero-order valence-corrected chi connectivity index (χ0v) is 20.0. The van der Waals surface area contributed by atoms with Crippen LogP contribution in [0.5, 0.6) is 0 Å². The number of hydrogen-bond donors (Lipinski definition) is 1. The first kappa shape index (κ1) is 21.2. The van der Waals surface area contributed by atoms with Crippen molar-refractivity contribution >= 4 is 21.6 Å². The molecule has 0 radical (unpaired) electrons. The van der Waals surface area contributed by atoms with E-state index in [2.05, 4.69) is 67.6 Å². The first-order chi connectivity index (χ1) is 15.3. The summed E-state index contributed by atoms with van der Waals surface area (Å²) >= 11 is 3.50. The molecule has 0 spiro atoms. The second kappa shape index (κ2) is 8.06. The molecule has 6 rings (SSSR count). The largest absolute Gasteiger partial charge is 0.380 e. The van der Waals surface area contributed by atoms with Gasteiger partial charge in [0.25, 0.3) is 5.56 Å². The minimum absolute atomic E-state index is 0.188. The van der Waals surface area contributed by atoms with E-state index < -0.39 is 0 Å². The van der Waals surface area contributed by atoms with Crippen LogP contribution in [0, 0.1) is 23.2 Å². The zero-order valence-electron chi connectivity index (χ0n) is 18.4. The van der Waals surface area contributed by atoms with Crippen molar-refractivity contribution in [3.8, 4) is 0 Å². The Morgan fingerprint density at radius 1 is 1.19 bits per heavy atom. The van der Waals surface area contributed by atoms with Gasteiger partial charge in [-0.05, 0) is 80.1 Å². The highest BCUT2D eigenvalue weighted by molar-refractivity contribution is 9.10. The molecule has 9 nitrogen and oxygen atoms in total. The summed E-state index contributed by atoms with van der Waals surface area (Å²) in [5.41, 5.74) is 2.00. The highest BCUT2D eigenvalue weighted by Crippen LogP contribution is 2.61. The first-order valence-corrected chi connectivity index (χ1v) is 11.8. The number of nitrogens with one attached hydrogen (secondary N) is 1. The average Bonchev–Trinajstić information content (AvgIpc) is 3.21. The Labute approximate surface area is 194 Å². The van der Waals surface area contributed by atoms with Gasteiger partial charge in [-0.15, -0.1) is 5.10 Å². The monoisotopic (exact) mass is 498 g/mol. The van der Waals surface area contributed by atoms with Crippen LogP contribution in [0.25, 0.3) is 0 Å². The summed E-state index contributed by atoms with van der Waals surface area (Å²) in [4.78, 5) is 17.0. The van der Waals surface area contributed by atoms with Gasteiger partial charge in [0.1, 0.15) is 11.0 Å². The Hall–Kier alpha value is -2.62. The van der Waals surface area contributed by atoms with Crippen LogP contribution in [0.3, 0.4) is 0 Å². The SMILES string of the molecule is C[C@@H]1[C@H]2C[C@@H](C[C@H]1Nc1cnn(Cc3nnnn3Cc3ccncc3)c(=O)c1Br)C2(C)C. The molecule has 3 aliphatic carbocycles. The number of hydrogen-bond acceptors (Lipinski definition) is 7. The van der Waals surface area contributed by atoms with E-state index in [1.54, 1.807) is 23.3 Å². The van der Waals surface area contributed by atoms with Gasteiger partial charge >= 0.3 is 0 Å². The minimum atomic E-state index is -0.206. The summed E-state index contributed by atoms with van der Waals surface area (Å²) in [6, 6.07) is 4.17. The van der Waals surface area contributed by atoms with Gasteiger partial charge in [-0.2, -0.15) is 5.10 Å². The maximum Gasteiger partial charge on any atom is 0.283 e. The number of aromatic nitrogens is 7. The lowest BCUT2D eigenvalue weighted by Crippen LogP contribution is -2.58. The van der Waals surface area contributed by atoms with E-state index in [0.717, 1.165) is 29.5 Å². The van der Waals surface area contributed by atoms with Crippen LogP contribution in [-0.4, -0.2) is 41.0 Å². The summed E-state index contributed by atoms with van der Waals surface area (Å²) in [7, 11) is 0. The van der Waals surface area contributed by atoms with E-state index >= 15 is 0 Å². The van der Waals surface area contributed by atoms with Gasteiger partial charge in [0.05, 0.1) is 18.4 Å². The number of anilines is 1. The van der Waals surface area contributed by atoms with Crippen LogP contribution >= 0.6 is 15.9 Å². The summed E-state index contributed by atoms with van der Waals surface area (Å²) in [6.07, 6.45) is 7.63. The van der Waals surface area contributed by atoms with E-state index in [9.17, 15) is 4.79 Å². The Balaban J connectivity index is 1.31. The molecule has 3 aliphatic rings. The molecule has 2 bridgehead atoms. The highest BCUT2D eigenvalue weighted by atomic mass is 79.9. The van der Waals surface area contributed by atoms with Crippen molar-refractivity contribution in [2.45, 2.75) is 52.7 Å². The smallest absolute Gasteiger partial charge is 0.283 e. The fraction of sp³-hybridized carbons (Fsp3) is 0.545.